The molecule has 0 aromatic carbocycles. The number of hydrogen-bond acceptors (Lipinski definition) is 2. The number of nitrogens with zero attached hydrogens (tertiary/aromatic N) is 1. The summed E-state index contributed by atoms with van der Waals surface area (Å²) in [6.07, 6.45) is 18.7. The smallest absolute Gasteiger partial charge is 0.361 e. The molecule has 0 unspecified atom stereocenters. The minimum Gasteiger partial charge on any atom is -0.462 e. The van der Waals surface area contributed by atoms with Crippen molar-refractivity contribution in [2.45, 2.75) is 102 Å². The molecule has 0 amide bonds. The van der Waals surface area contributed by atoms with E-state index < -0.39 is 0 Å². The van der Waals surface area contributed by atoms with Crippen LogP contribution in [0.25, 0.3) is 0 Å². The third-order valence-corrected chi connectivity index (χ3v) is 8.08. The molecule has 27 heavy (non-hydrogen) atoms. The Balaban J connectivity index is 1.34. The Bertz CT molecular complexity index is 449. The van der Waals surface area contributed by atoms with Crippen molar-refractivity contribution in [3.8, 4) is 0 Å². The van der Waals surface area contributed by atoms with Crippen LogP contribution >= 0.6 is 0 Å². The van der Waals surface area contributed by atoms with Crippen LogP contribution < -0.4 is 0 Å². The van der Waals surface area contributed by atoms with E-state index in [1.807, 2.05) is 0 Å². The van der Waals surface area contributed by atoms with Gasteiger partial charge < -0.3 is 9.22 Å². The van der Waals surface area contributed by atoms with Crippen molar-refractivity contribution in [3.63, 3.8) is 0 Å². The van der Waals surface area contributed by atoms with E-state index in [0.29, 0.717) is 18.7 Å². The first-order chi connectivity index (χ1) is 12.9. The molecule has 4 fully saturated rings. The average Bonchev–Trinajstić information content (AvgIpc) is 2.58. The minimum atomic E-state index is 0.0266. The highest BCUT2D eigenvalue weighted by atomic mass is 16.5. The quantitative estimate of drug-likeness (QED) is 0.247. The molecule has 0 N–H and O–H groups in total. The SMILES string of the molecule is CCCCCCCCCCOC(=O)C[N+](C)(C)C12CC3CC(CC(C3)C1)C2. The van der Waals surface area contributed by atoms with Gasteiger partial charge in [-0.1, -0.05) is 51.9 Å². The molecule has 3 heteroatoms. The Morgan fingerprint density at radius 1 is 0.852 bits per heavy atom. The van der Waals surface area contributed by atoms with E-state index >= 15 is 0 Å². The topological polar surface area (TPSA) is 26.3 Å². The Kier molecular flexibility index (Phi) is 7.27. The first kappa shape index (κ1) is 21.1. The standard InChI is InChI=1S/C24H44NO2/c1-4-5-6-7-8-9-10-11-12-27-23(26)19-25(2,3)24-16-20-13-21(17-24)15-22(14-20)18-24/h20-22H,4-19H2,1-3H3/q+1. The maximum absolute atomic E-state index is 12.5. The van der Waals surface area contributed by atoms with Gasteiger partial charge in [0.05, 0.1) is 20.7 Å². The van der Waals surface area contributed by atoms with Crippen LogP contribution in [0.3, 0.4) is 0 Å². The number of unbranched alkanes of at least 4 members (excludes halogenated alkanes) is 7. The molecular formula is C24H44NO2+. The van der Waals surface area contributed by atoms with Gasteiger partial charge in [0.1, 0.15) is 5.54 Å². The molecule has 0 spiro atoms. The van der Waals surface area contributed by atoms with Crippen LogP contribution in [0.5, 0.6) is 0 Å². The Morgan fingerprint density at radius 2 is 1.33 bits per heavy atom. The third-order valence-electron chi connectivity index (χ3n) is 8.08. The molecule has 4 saturated carbocycles. The van der Waals surface area contributed by atoms with Gasteiger partial charge in [-0.2, -0.15) is 0 Å². The lowest BCUT2D eigenvalue weighted by Gasteiger charge is -2.61. The van der Waals surface area contributed by atoms with Crippen molar-refractivity contribution >= 4 is 5.97 Å². The zero-order valence-corrected chi connectivity index (χ0v) is 18.3. The van der Waals surface area contributed by atoms with Crippen LogP contribution in [0.15, 0.2) is 0 Å². The van der Waals surface area contributed by atoms with Crippen molar-refractivity contribution in [3.05, 3.63) is 0 Å². The van der Waals surface area contributed by atoms with E-state index in [1.165, 1.54) is 83.5 Å². The summed E-state index contributed by atoms with van der Waals surface area (Å²) in [6.45, 7) is 3.44. The molecule has 0 aliphatic heterocycles. The first-order valence-corrected chi connectivity index (χ1v) is 11.9. The van der Waals surface area contributed by atoms with Gasteiger partial charge in [0.25, 0.3) is 0 Å². The van der Waals surface area contributed by atoms with Crippen molar-refractivity contribution in [1.82, 2.24) is 0 Å². The fourth-order valence-corrected chi connectivity index (χ4v) is 6.76. The molecule has 4 aliphatic rings. The molecule has 0 atom stereocenters. The van der Waals surface area contributed by atoms with E-state index in [1.54, 1.807) is 0 Å². The number of ether oxygens (including phenoxy) is 1. The lowest BCUT2D eigenvalue weighted by Crippen LogP contribution is -2.68. The molecule has 0 aromatic rings. The summed E-state index contributed by atoms with van der Waals surface area (Å²) < 4.78 is 6.49. The highest BCUT2D eigenvalue weighted by Crippen LogP contribution is 2.58. The lowest BCUT2D eigenvalue weighted by atomic mass is 9.52. The summed E-state index contributed by atoms with van der Waals surface area (Å²) >= 11 is 0. The first-order valence-electron chi connectivity index (χ1n) is 11.9. The average molecular weight is 379 g/mol. The summed E-state index contributed by atoms with van der Waals surface area (Å²) in [5.41, 5.74) is 0.353. The summed E-state index contributed by atoms with van der Waals surface area (Å²) in [5, 5.41) is 0. The molecule has 156 valence electrons. The second kappa shape index (κ2) is 9.29. The molecule has 0 aromatic heterocycles. The van der Waals surface area contributed by atoms with E-state index in [9.17, 15) is 4.79 Å². The van der Waals surface area contributed by atoms with Gasteiger partial charge in [0.2, 0.25) is 0 Å². The lowest BCUT2D eigenvalue weighted by molar-refractivity contribution is -0.941. The molecule has 4 aliphatic carbocycles. The number of carbonyl (C=O) groups excluding carboxylic acids is 1. The second-order valence-electron chi connectivity index (χ2n) is 10.7. The molecule has 0 radical (unpaired) electrons. The maximum atomic E-state index is 12.5. The van der Waals surface area contributed by atoms with Crippen LogP contribution in [-0.2, 0) is 9.53 Å². The summed E-state index contributed by atoms with van der Waals surface area (Å²) in [6, 6.07) is 0. The number of quaternary nitrogens is 1. The van der Waals surface area contributed by atoms with Gasteiger partial charge in [-0.05, 0) is 43.4 Å². The third kappa shape index (κ3) is 5.28. The van der Waals surface area contributed by atoms with Crippen molar-refractivity contribution < 1.29 is 14.0 Å². The normalized spacial score (nSPS) is 32.0. The maximum Gasteiger partial charge on any atom is 0.361 e. The molecule has 3 nitrogen and oxygen atoms in total. The number of esters is 1. The molecular weight excluding hydrogens is 334 g/mol. The van der Waals surface area contributed by atoms with Gasteiger partial charge in [-0.15, -0.1) is 0 Å². The summed E-state index contributed by atoms with van der Waals surface area (Å²) in [5.74, 6) is 2.82. The minimum absolute atomic E-state index is 0.0266. The van der Waals surface area contributed by atoms with Gasteiger partial charge in [0, 0.05) is 19.3 Å². The summed E-state index contributed by atoms with van der Waals surface area (Å²) in [7, 11) is 4.59. The molecule has 0 saturated heterocycles. The van der Waals surface area contributed by atoms with E-state index in [0.717, 1.165) is 28.7 Å². The van der Waals surface area contributed by atoms with Crippen molar-refractivity contribution in [2.24, 2.45) is 17.8 Å². The van der Waals surface area contributed by atoms with Gasteiger partial charge >= 0.3 is 5.97 Å². The van der Waals surface area contributed by atoms with Crippen LogP contribution in [0, 0.1) is 17.8 Å². The van der Waals surface area contributed by atoms with Crippen LogP contribution in [-0.4, -0.2) is 43.2 Å². The highest BCUT2D eigenvalue weighted by Gasteiger charge is 2.59. The van der Waals surface area contributed by atoms with Crippen molar-refractivity contribution in [1.29, 1.82) is 0 Å². The van der Waals surface area contributed by atoms with Crippen LogP contribution in [0.1, 0.15) is 96.8 Å². The number of likely N-dealkylation sites (N-methyl/N-ethyl adjacent to an activating group) is 1. The Labute approximate surface area is 167 Å². The zero-order valence-electron chi connectivity index (χ0n) is 18.3. The highest BCUT2D eigenvalue weighted by molar-refractivity contribution is 5.70. The monoisotopic (exact) mass is 378 g/mol. The Hall–Kier alpha value is -0.570. The number of carbonyl (C=O) groups is 1. The number of rotatable bonds is 12. The second-order valence-corrected chi connectivity index (χ2v) is 10.7. The van der Waals surface area contributed by atoms with Crippen molar-refractivity contribution in [2.75, 3.05) is 27.2 Å². The largest absolute Gasteiger partial charge is 0.462 e. The predicted octanol–water partition coefficient (Wildman–Crippen LogP) is 5.72. The van der Waals surface area contributed by atoms with Gasteiger partial charge in [-0.3, -0.25) is 0 Å². The molecule has 4 rings (SSSR count). The fraction of sp³-hybridized carbons (Fsp3) is 0.958. The van der Waals surface area contributed by atoms with Gasteiger partial charge in [0.15, 0.2) is 6.54 Å². The van der Waals surface area contributed by atoms with E-state index in [-0.39, 0.29) is 5.97 Å². The van der Waals surface area contributed by atoms with Crippen LogP contribution in [0.4, 0.5) is 0 Å². The van der Waals surface area contributed by atoms with E-state index in [2.05, 4.69) is 21.0 Å². The van der Waals surface area contributed by atoms with Crippen LogP contribution in [0.2, 0.25) is 0 Å². The summed E-state index contributed by atoms with van der Waals surface area (Å²) in [4.78, 5) is 12.5. The number of hydrogen-bond donors (Lipinski definition) is 0. The fourth-order valence-electron chi connectivity index (χ4n) is 6.76. The zero-order chi connectivity index (χ0) is 19.3. The predicted molar refractivity (Wildman–Crippen MR) is 111 cm³/mol. The van der Waals surface area contributed by atoms with Gasteiger partial charge in [-0.25, -0.2) is 4.79 Å². The van der Waals surface area contributed by atoms with E-state index in [4.69, 9.17) is 4.74 Å². The Morgan fingerprint density at radius 3 is 1.85 bits per heavy atom. The molecule has 0 heterocycles. The molecule has 4 bridgehead atoms.